The Hall–Kier alpha value is -2.35. The highest BCUT2D eigenvalue weighted by Crippen LogP contribution is 2.27. The maximum atomic E-state index is 12.2. The van der Waals surface area contributed by atoms with Gasteiger partial charge in [-0.3, -0.25) is 19.8 Å². The molecule has 0 atom stereocenters. The predicted octanol–water partition coefficient (Wildman–Crippen LogP) is 1.29. The third-order valence-electron chi connectivity index (χ3n) is 3.88. The molecule has 1 aliphatic heterocycles. The first-order valence-electron chi connectivity index (χ1n) is 8.06. The average Bonchev–Trinajstić information content (AvgIpc) is 2.84. The molecule has 0 radical (unpaired) electrons. The molecule has 1 aromatic rings. The van der Waals surface area contributed by atoms with Gasteiger partial charge < -0.3 is 14.9 Å². The third-order valence-corrected chi connectivity index (χ3v) is 3.88. The van der Waals surface area contributed by atoms with E-state index in [1.807, 2.05) is 4.90 Å². The van der Waals surface area contributed by atoms with Crippen LogP contribution in [0.4, 0.5) is 5.88 Å². The number of carbonyl (C=O) groups excluding carboxylic acids is 3. The highest BCUT2D eigenvalue weighted by atomic mass is 16.5. The molecule has 0 unspecified atom stereocenters. The number of likely N-dealkylation sites (tertiary alicyclic amines) is 1. The van der Waals surface area contributed by atoms with Crippen LogP contribution in [0.3, 0.4) is 0 Å². The topological polar surface area (TPSA) is 115 Å². The number of hydrogen-bond acceptors (Lipinski definition) is 6. The minimum absolute atomic E-state index is 0.0439. The molecule has 1 aromatic heterocycles. The van der Waals surface area contributed by atoms with Gasteiger partial charge in [-0.05, 0) is 39.8 Å². The second-order valence-electron chi connectivity index (χ2n) is 5.71. The number of carbonyl (C=O) groups is 3. The molecule has 2 amide bonds. The summed E-state index contributed by atoms with van der Waals surface area (Å²) in [5.74, 6) is -1.81. The summed E-state index contributed by atoms with van der Waals surface area (Å²) in [5, 5.41) is 2.54. The second-order valence-corrected chi connectivity index (χ2v) is 5.71. The van der Waals surface area contributed by atoms with E-state index in [1.165, 1.54) is 13.3 Å². The van der Waals surface area contributed by atoms with E-state index in [4.69, 9.17) is 14.9 Å². The van der Waals surface area contributed by atoms with Crippen LogP contribution in [0.1, 0.15) is 52.7 Å². The molecule has 0 bridgehead atoms. The van der Waals surface area contributed by atoms with Crippen molar-refractivity contribution in [3.8, 4) is 0 Å². The van der Waals surface area contributed by atoms with E-state index in [1.54, 1.807) is 6.92 Å². The van der Waals surface area contributed by atoms with Gasteiger partial charge in [0.2, 0.25) is 11.8 Å². The summed E-state index contributed by atoms with van der Waals surface area (Å²) in [4.78, 5) is 37.9. The zero-order valence-corrected chi connectivity index (χ0v) is 14.0. The molecule has 132 valence electrons. The van der Waals surface area contributed by atoms with E-state index in [2.05, 4.69) is 5.32 Å². The van der Waals surface area contributed by atoms with Gasteiger partial charge in [-0.1, -0.05) is 6.42 Å². The Bertz CT molecular complexity index is 632. The van der Waals surface area contributed by atoms with Crippen LogP contribution < -0.4 is 11.1 Å². The lowest BCUT2D eigenvalue weighted by Crippen LogP contribution is -2.37. The SMILES string of the molecule is CCOC(=O)c1c(C)oc(NC(=O)CN2CCCCC2)c1C(N)=O. The van der Waals surface area contributed by atoms with Gasteiger partial charge >= 0.3 is 5.97 Å². The standard InChI is InChI=1S/C16H23N3O5/c1-3-23-16(22)12-10(2)24-15(13(12)14(17)21)18-11(20)9-19-7-5-4-6-8-19/h3-9H2,1-2H3,(H2,17,21)(H,18,20). The van der Waals surface area contributed by atoms with Crippen LogP contribution in [0.15, 0.2) is 4.42 Å². The number of aryl methyl sites for hydroxylation is 1. The quantitative estimate of drug-likeness (QED) is 0.756. The largest absolute Gasteiger partial charge is 0.462 e. The van der Waals surface area contributed by atoms with Crippen molar-refractivity contribution < 1.29 is 23.5 Å². The number of nitrogens with zero attached hydrogens (tertiary/aromatic N) is 1. The molecular weight excluding hydrogens is 314 g/mol. The Morgan fingerprint density at radius 1 is 1.21 bits per heavy atom. The molecule has 0 aliphatic carbocycles. The molecule has 8 heteroatoms. The summed E-state index contributed by atoms with van der Waals surface area (Å²) in [6, 6.07) is 0. The first-order chi connectivity index (χ1) is 11.4. The van der Waals surface area contributed by atoms with Gasteiger partial charge in [0.1, 0.15) is 16.9 Å². The lowest BCUT2D eigenvalue weighted by atomic mass is 10.1. The van der Waals surface area contributed by atoms with Gasteiger partial charge in [0, 0.05) is 0 Å². The Morgan fingerprint density at radius 3 is 2.46 bits per heavy atom. The Balaban J connectivity index is 2.17. The van der Waals surface area contributed by atoms with E-state index in [0.29, 0.717) is 0 Å². The van der Waals surface area contributed by atoms with Gasteiger partial charge in [-0.15, -0.1) is 0 Å². The number of piperidine rings is 1. The fourth-order valence-electron chi connectivity index (χ4n) is 2.80. The summed E-state index contributed by atoms with van der Waals surface area (Å²) in [5.41, 5.74) is 5.16. The molecule has 0 spiro atoms. The first kappa shape index (κ1) is 18.0. The molecule has 0 aromatic carbocycles. The van der Waals surface area contributed by atoms with Crippen LogP contribution in [-0.2, 0) is 9.53 Å². The molecule has 24 heavy (non-hydrogen) atoms. The van der Waals surface area contributed by atoms with Gasteiger partial charge in [0.15, 0.2) is 0 Å². The number of hydrogen-bond donors (Lipinski definition) is 2. The van der Waals surface area contributed by atoms with Crippen LogP contribution in [0.2, 0.25) is 0 Å². The van der Waals surface area contributed by atoms with Crippen LogP contribution in [0, 0.1) is 6.92 Å². The summed E-state index contributed by atoms with van der Waals surface area (Å²) < 4.78 is 10.3. The van der Waals surface area contributed by atoms with Crippen molar-refractivity contribution in [2.45, 2.75) is 33.1 Å². The van der Waals surface area contributed by atoms with Crippen molar-refractivity contribution in [2.75, 3.05) is 31.6 Å². The molecule has 2 rings (SSSR count). The summed E-state index contributed by atoms with van der Waals surface area (Å²) in [6.07, 6.45) is 3.30. The van der Waals surface area contributed by atoms with Crippen molar-refractivity contribution in [2.24, 2.45) is 5.73 Å². The van der Waals surface area contributed by atoms with Crippen molar-refractivity contribution in [3.63, 3.8) is 0 Å². The third kappa shape index (κ3) is 4.14. The number of primary amides is 1. The monoisotopic (exact) mass is 337 g/mol. The number of rotatable bonds is 6. The number of esters is 1. The Morgan fingerprint density at radius 2 is 1.88 bits per heavy atom. The zero-order chi connectivity index (χ0) is 17.7. The van der Waals surface area contributed by atoms with Gasteiger partial charge in [0.05, 0.1) is 13.2 Å². The van der Waals surface area contributed by atoms with Crippen LogP contribution in [0.5, 0.6) is 0 Å². The second kappa shape index (κ2) is 7.96. The lowest BCUT2D eigenvalue weighted by molar-refractivity contribution is -0.117. The number of anilines is 1. The predicted molar refractivity (Wildman–Crippen MR) is 86.8 cm³/mol. The zero-order valence-electron chi connectivity index (χ0n) is 14.0. The normalized spacial score (nSPS) is 15.1. The summed E-state index contributed by atoms with van der Waals surface area (Å²) in [7, 11) is 0. The molecule has 3 N–H and O–H groups in total. The van der Waals surface area contributed by atoms with E-state index >= 15 is 0 Å². The summed E-state index contributed by atoms with van der Waals surface area (Å²) in [6.45, 7) is 5.24. The van der Waals surface area contributed by atoms with E-state index in [0.717, 1.165) is 25.9 Å². The Labute approximate surface area is 140 Å². The number of furan rings is 1. The van der Waals surface area contributed by atoms with Crippen molar-refractivity contribution >= 4 is 23.7 Å². The Kier molecular flexibility index (Phi) is 5.97. The highest BCUT2D eigenvalue weighted by molar-refractivity contribution is 6.10. The van der Waals surface area contributed by atoms with Crippen LogP contribution in [0.25, 0.3) is 0 Å². The van der Waals surface area contributed by atoms with Gasteiger partial charge in [-0.25, -0.2) is 4.79 Å². The molecule has 1 fully saturated rings. The number of ether oxygens (including phenoxy) is 1. The molecule has 1 saturated heterocycles. The maximum Gasteiger partial charge on any atom is 0.342 e. The van der Waals surface area contributed by atoms with Crippen molar-refractivity contribution in [1.82, 2.24) is 4.90 Å². The van der Waals surface area contributed by atoms with E-state index in [-0.39, 0.29) is 41.8 Å². The molecule has 2 heterocycles. The molecule has 8 nitrogen and oxygen atoms in total. The molecular formula is C16H23N3O5. The number of amides is 2. The van der Waals surface area contributed by atoms with E-state index < -0.39 is 11.9 Å². The van der Waals surface area contributed by atoms with Crippen LogP contribution in [-0.4, -0.2) is 48.9 Å². The number of nitrogens with one attached hydrogen (secondary N) is 1. The minimum atomic E-state index is -0.858. The summed E-state index contributed by atoms with van der Waals surface area (Å²) >= 11 is 0. The number of nitrogens with two attached hydrogens (primary N) is 1. The van der Waals surface area contributed by atoms with E-state index in [9.17, 15) is 14.4 Å². The smallest absolute Gasteiger partial charge is 0.342 e. The molecule has 1 aliphatic rings. The van der Waals surface area contributed by atoms with Crippen molar-refractivity contribution in [3.05, 3.63) is 16.9 Å². The van der Waals surface area contributed by atoms with Gasteiger partial charge in [-0.2, -0.15) is 0 Å². The lowest BCUT2D eigenvalue weighted by Gasteiger charge is -2.25. The first-order valence-corrected chi connectivity index (χ1v) is 8.06. The van der Waals surface area contributed by atoms with Gasteiger partial charge in [0.25, 0.3) is 5.91 Å². The molecule has 0 saturated carbocycles. The highest BCUT2D eigenvalue weighted by Gasteiger charge is 2.29. The fourth-order valence-corrected chi connectivity index (χ4v) is 2.80. The maximum absolute atomic E-state index is 12.2. The van der Waals surface area contributed by atoms with Crippen LogP contribution >= 0.6 is 0 Å². The minimum Gasteiger partial charge on any atom is -0.462 e. The van der Waals surface area contributed by atoms with Crippen molar-refractivity contribution in [1.29, 1.82) is 0 Å². The average molecular weight is 337 g/mol. The fraction of sp³-hybridized carbons (Fsp3) is 0.562.